The number of benzene rings is 14. The van der Waals surface area contributed by atoms with Crippen LogP contribution in [0.25, 0.3) is 56.7 Å². The number of hydrogen-bond donors (Lipinski definition) is 0. The van der Waals surface area contributed by atoms with E-state index in [1.165, 1.54) is 0 Å². The second-order valence-corrected chi connectivity index (χ2v) is 26.9. The Morgan fingerprint density at radius 3 is 0.762 bits per heavy atom. The first-order chi connectivity index (χ1) is 49.2. The molecule has 0 amide bonds. The van der Waals surface area contributed by atoms with E-state index in [0.29, 0.717) is 22.7 Å². The van der Waals surface area contributed by atoms with Gasteiger partial charge in [-0.1, -0.05) is 255 Å². The summed E-state index contributed by atoms with van der Waals surface area (Å²) in [5, 5.41) is 0. The monoisotopic (exact) mass is 1320 g/mol. The van der Waals surface area contributed by atoms with Crippen molar-refractivity contribution in [3.63, 3.8) is 0 Å². The zero-order chi connectivity index (χ0) is 68.8. The van der Waals surface area contributed by atoms with Crippen molar-refractivity contribution in [1.29, 1.82) is 0 Å². The van der Waals surface area contributed by atoms with E-state index in [9.17, 15) is 0 Å². The van der Waals surface area contributed by atoms with E-state index >= 15 is 26.3 Å². The fraction of sp³-hybridized carbons (Fsp3) is 0.0538. The number of halogens is 6. The number of hydrogen-bond acceptors (Lipinski definition) is 2. The summed E-state index contributed by atoms with van der Waals surface area (Å²) in [6, 6.07) is 95.9. The smallest absolute Gasteiger partial charge is 0.194 e. The lowest BCUT2D eigenvalue weighted by Crippen LogP contribution is -2.29. The van der Waals surface area contributed by atoms with Gasteiger partial charge in [-0.25, -0.2) is 26.3 Å². The predicted octanol–water partition coefficient (Wildman–Crippen LogP) is 24.4. The number of aryl methyl sites for hydroxylation is 2. The number of anilines is 6. The maximum atomic E-state index is 16.3. The van der Waals surface area contributed by atoms with Crippen LogP contribution in [0, 0.1) is 48.8 Å². The standard InChI is InChI=1S/C93H60F6N2/c1-5-57-27-35-61(36-28-57)91(59-31-23-55(3)24-32-59)77-19-11-7-15-69(77)73-43-39-63(47-81(73)91)100(67-51-85(94)89(98)86(95)52-67)65-41-45-75-71-17-9-13-21-79(71)93(83(75)49-65)80-22-14-10-18-72(80)76-46-42-66(50-84(76)93)101(68-53-87(96)90(99)88(97)54-68)64-40-44-74-70-16-8-12-20-78(70)92(82(74)48-64,60-33-25-56(4)26-34-60)62-37-29-58(6-2)30-38-62/h5-54H,1-2H2,3-4H3. The van der Waals surface area contributed by atoms with E-state index in [1.807, 2.05) is 72.8 Å². The number of nitrogens with zero attached hydrogens (tertiary/aromatic N) is 2. The van der Waals surface area contributed by atoms with E-state index in [-0.39, 0.29) is 11.4 Å². The molecule has 0 heterocycles. The lowest BCUT2D eigenvalue weighted by atomic mass is 9.67. The van der Waals surface area contributed by atoms with Gasteiger partial charge in [0.25, 0.3) is 0 Å². The minimum Gasteiger partial charge on any atom is -0.310 e. The average molecular weight is 1320 g/mol. The minimum absolute atomic E-state index is 0.0409. The van der Waals surface area contributed by atoms with Crippen molar-refractivity contribution in [2.45, 2.75) is 30.1 Å². The molecular formula is C93H60F6N2. The van der Waals surface area contributed by atoms with Gasteiger partial charge in [-0.2, -0.15) is 0 Å². The summed E-state index contributed by atoms with van der Waals surface area (Å²) in [6.45, 7) is 12.3. The molecule has 14 aromatic rings. The Kier molecular flexibility index (Phi) is 13.9. The van der Waals surface area contributed by atoms with Crippen LogP contribution in [0.4, 0.5) is 60.5 Å². The Balaban J connectivity index is 0.873. The summed E-state index contributed by atoms with van der Waals surface area (Å²) in [4.78, 5) is 3.61. The Morgan fingerprint density at radius 1 is 0.248 bits per heavy atom. The molecule has 1 spiro atoms. The fourth-order valence-corrected chi connectivity index (χ4v) is 17.4. The molecule has 2 nitrogen and oxygen atoms in total. The van der Waals surface area contributed by atoms with Gasteiger partial charge in [0.1, 0.15) is 0 Å². The lowest BCUT2D eigenvalue weighted by molar-refractivity contribution is 0.447. The molecule has 2 unspecified atom stereocenters. The highest BCUT2D eigenvalue weighted by Crippen LogP contribution is 2.66. The summed E-state index contributed by atoms with van der Waals surface area (Å²) in [6.07, 6.45) is 3.64. The third-order valence-corrected chi connectivity index (χ3v) is 21.7. The average Bonchev–Trinajstić information content (AvgIpc) is 1.52. The van der Waals surface area contributed by atoms with Crippen molar-refractivity contribution in [3.05, 3.63) is 428 Å². The normalized spacial score (nSPS) is 16.7. The van der Waals surface area contributed by atoms with E-state index in [1.54, 1.807) is 9.80 Å². The molecule has 0 aliphatic heterocycles. The molecular weight excluding hydrogens is 1260 g/mol. The van der Waals surface area contributed by atoms with Crippen molar-refractivity contribution in [1.82, 2.24) is 0 Å². The molecule has 0 N–H and O–H groups in total. The van der Waals surface area contributed by atoms with Gasteiger partial charge in [0, 0.05) is 47.0 Å². The summed E-state index contributed by atoms with van der Waals surface area (Å²) in [5.41, 5.74) is 22.6. The second-order valence-electron chi connectivity index (χ2n) is 26.9. The van der Waals surface area contributed by atoms with Gasteiger partial charge in [-0.15, -0.1) is 0 Å². The van der Waals surface area contributed by atoms with Crippen LogP contribution < -0.4 is 9.80 Å². The minimum atomic E-state index is -1.59. The maximum Gasteiger partial charge on any atom is 0.194 e. The Labute approximate surface area is 582 Å². The van der Waals surface area contributed by atoms with Gasteiger partial charge in [0.2, 0.25) is 0 Å². The van der Waals surface area contributed by atoms with Gasteiger partial charge in [-0.3, -0.25) is 0 Å². The van der Waals surface area contributed by atoms with E-state index in [4.69, 9.17) is 0 Å². The molecule has 8 heteroatoms. The first-order valence-corrected chi connectivity index (χ1v) is 33.7. The van der Waals surface area contributed by atoms with Crippen LogP contribution in [0.1, 0.15) is 89.0 Å². The maximum absolute atomic E-state index is 16.3. The van der Waals surface area contributed by atoms with Gasteiger partial charge in [0.05, 0.1) is 27.6 Å². The van der Waals surface area contributed by atoms with E-state index in [2.05, 4.69) is 233 Å². The molecule has 0 aromatic heterocycles. The molecule has 0 bridgehead atoms. The third kappa shape index (κ3) is 8.73. The van der Waals surface area contributed by atoms with Crippen LogP contribution in [0.2, 0.25) is 0 Å². The number of fused-ring (bicyclic) bond motifs is 16. The topological polar surface area (TPSA) is 6.48 Å². The van der Waals surface area contributed by atoms with Gasteiger partial charge < -0.3 is 9.80 Å². The van der Waals surface area contributed by atoms with Crippen LogP contribution in [0.5, 0.6) is 0 Å². The Morgan fingerprint density at radius 2 is 0.485 bits per heavy atom. The lowest BCUT2D eigenvalue weighted by Gasteiger charge is -2.36. The van der Waals surface area contributed by atoms with E-state index < -0.39 is 51.1 Å². The molecule has 0 saturated heterocycles. The van der Waals surface area contributed by atoms with Crippen LogP contribution in [-0.4, -0.2) is 0 Å². The molecule has 14 aromatic carbocycles. The van der Waals surface area contributed by atoms with Crippen LogP contribution >= 0.6 is 0 Å². The first-order valence-electron chi connectivity index (χ1n) is 33.7. The van der Waals surface area contributed by atoms with Crippen LogP contribution in [-0.2, 0) is 16.2 Å². The SMILES string of the molecule is C=Cc1ccc(C2(c3ccc(C)cc3)c3ccccc3-c3ccc(N(c4cc(F)c(F)c(F)c4)c4ccc5c(c4)C4(c6ccccc6-5)c5ccccc5-c5ccc(N(c6cc(F)c(F)c(F)c6)c6ccc7c(c6)C(c6ccc(C)cc6)(c6ccc(C=C)cc6)c6ccccc6-7)cc54)cc32)cc1. The quantitative estimate of drug-likeness (QED) is 0.0888. The summed E-state index contributed by atoms with van der Waals surface area (Å²) < 4.78 is 96.3. The van der Waals surface area contributed by atoms with Crippen LogP contribution in [0.15, 0.2) is 304 Å². The fourth-order valence-electron chi connectivity index (χ4n) is 17.4. The zero-order valence-electron chi connectivity index (χ0n) is 54.9. The molecule has 18 rings (SSSR count). The molecule has 0 fully saturated rings. The van der Waals surface area contributed by atoms with Crippen molar-refractivity contribution in [3.8, 4) is 44.5 Å². The molecule has 484 valence electrons. The molecule has 0 radical (unpaired) electrons. The molecule has 4 aliphatic rings. The van der Waals surface area contributed by atoms with Gasteiger partial charge in [-0.05, 0) is 185 Å². The van der Waals surface area contributed by atoms with Crippen molar-refractivity contribution in [2.75, 3.05) is 9.80 Å². The number of rotatable bonds is 12. The Bertz CT molecular complexity index is 5410. The van der Waals surface area contributed by atoms with Crippen molar-refractivity contribution < 1.29 is 26.3 Å². The zero-order valence-corrected chi connectivity index (χ0v) is 54.9. The summed E-state index contributed by atoms with van der Waals surface area (Å²) in [7, 11) is 0. The molecule has 0 saturated carbocycles. The highest BCUT2D eigenvalue weighted by atomic mass is 19.2. The van der Waals surface area contributed by atoms with E-state index in [0.717, 1.165) is 158 Å². The third-order valence-electron chi connectivity index (χ3n) is 21.7. The van der Waals surface area contributed by atoms with Crippen LogP contribution in [0.3, 0.4) is 0 Å². The first kappa shape index (κ1) is 61.1. The molecule has 4 aliphatic carbocycles. The highest BCUT2D eigenvalue weighted by Gasteiger charge is 2.53. The highest BCUT2D eigenvalue weighted by molar-refractivity contribution is 5.99. The summed E-state index contributed by atoms with van der Waals surface area (Å²) >= 11 is 0. The predicted molar refractivity (Wildman–Crippen MR) is 396 cm³/mol. The largest absolute Gasteiger partial charge is 0.310 e. The summed E-state index contributed by atoms with van der Waals surface area (Å²) in [5.74, 6) is -8.60. The molecule has 2 atom stereocenters. The Hall–Kier alpha value is -12.3. The van der Waals surface area contributed by atoms with Crippen molar-refractivity contribution in [2.24, 2.45) is 0 Å². The molecule has 101 heavy (non-hydrogen) atoms. The second kappa shape index (κ2) is 22.9. The van der Waals surface area contributed by atoms with Gasteiger partial charge in [0.15, 0.2) is 34.9 Å². The van der Waals surface area contributed by atoms with Crippen molar-refractivity contribution >= 4 is 46.3 Å². The van der Waals surface area contributed by atoms with Gasteiger partial charge >= 0.3 is 0 Å².